The fourth-order valence-corrected chi connectivity index (χ4v) is 3.62. The summed E-state index contributed by atoms with van der Waals surface area (Å²) in [6, 6.07) is 4.21. The zero-order valence-corrected chi connectivity index (χ0v) is 14.8. The highest BCUT2D eigenvalue weighted by Crippen LogP contribution is 2.27. The van der Waals surface area contributed by atoms with Crippen molar-refractivity contribution in [1.82, 2.24) is 16.0 Å². The first-order valence-corrected chi connectivity index (χ1v) is 9.39. The number of amides is 1. The molecule has 0 aromatic carbocycles. The van der Waals surface area contributed by atoms with Crippen molar-refractivity contribution < 1.29 is 4.79 Å². The molecule has 1 amide bonds. The van der Waals surface area contributed by atoms with Crippen LogP contribution in [-0.4, -0.2) is 38.5 Å². The van der Waals surface area contributed by atoms with Crippen LogP contribution in [0.5, 0.6) is 0 Å². The lowest BCUT2D eigenvalue weighted by molar-refractivity contribution is -0.121. The Morgan fingerprint density at radius 3 is 2.65 bits per heavy atom. The van der Waals surface area contributed by atoms with E-state index in [9.17, 15) is 4.79 Å². The van der Waals surface area contributed by atoms with Crippen molar-refractivity contribution in [2.75, 3.05) is 26.7 Å². The van der Waals surface area contributed by atoms with E-state index in [1.807, 2.05) is 0 Å². The van der Waals surface area contributed by atoms with Gasteiger partial charge in [-0.2, -0.15) is 0 Å². The molecule has 3 N–H and O–H groups in total. The Kier molecular flexibility index (Phi) is 7.93. The van der Waals surface area contributed by atoms with Crippen LogP contribution in [0.2, 0.25) is 0 Å². The lowest BCUT2D eigenvalue weighted by Crippen LogP contribution is -2.42. The maximum absolute atomic E-state index is 11.8. The minimum absolute atomic E-state index is 0.180. The van der Waals surface area contributed by atoms with Crippen LogP contribution >= 0.6 is 11.3 Å². The number of nitrogens with zero attached hydrogens (tertiary/aromatic N) is 1. The van der Waals surface area contributed by atoms with Crippen molar-refractivity contribution in [2.24, 2.45) is 10.9 Å². The van der Waals surface area contributed by atoms with Crippen molar-refractivity contribution in [3.8, 4) is 0 Å². The second-order valence-electron chi connectivity index (χ2n) is 5.96. The normalized spacial score (nSPS) is 15.6. The van der Waals surface area contributed by atoms with Gasteiger partial charge < -0.3 is 16.0 Å². The van der Waals surface area contributed by atoms with Crippen molar-refractivity contribution in [1.29, 1.82) is 0 Å². The highest BCUT2D eigenvalue weighted by Gasteiger charge is 2.17. The Labute approximate surface area is 143 Å². The average Bonchev–Trinajstić information content (AvgIpc) is 3.23. The standard InChI is InChI=1S/C17H28N4OS/c1-18-17(20-9-8-15-7-4-12-23-15)21-11-10-19-16(22)13-14-5-2-3-6-14/h4,7,12,14H,2-3,5-6,8-11,13H2,1H3,(H,19,22)(H2,18,20,21). The third-order valence-corrected chi connectivity index (χ3v) is 5.09. The average molecular weight is 337 g/mol. The molecule has 0 spiro atoms. The molecule has 1 fully saturated rings. The van der Waals surface area contributed by atoms with Gasteiger partial charge in [-0.05, 0) is 36.6 Å². The zero-order valence-electron chi connectivity index (χ0n) is 13.9. The van der Waals surface area contributed by atoms with Gasteiger partial charge in [-0.3, -0.25) is 9.79 Å². The maximum atomic E-state index is 11.8. The number of carbonyl (C=O) groups is 1. The highest BCUT2D eigenvalue weighted by atomic mass is 32.1. The van der Waals surface area contributed by atoms with E-state index in [0.29, 0.717) is 25.4 Å². The minimum Gasteiger partial charge on any atom is -0.356 e. The van der Waals surface area contributed by atoms with Crippen LogP contribution in [0.1, 0.15) is 37.0 Å². The molecule has 6 heteroatoms. The molecule has 1 aliphatic rings. The minimum atomic E-state index is 0.180. The smallest absolute Gasteiger partial charge is 0.220 e. The van der Waals surface area contributed by atoms with Gasteiger partial charge in [0.2, 0.25) is 5.91 Å². The predicted octanol–water partition coefficient (Wildman–Crippen LogP) is 2.15. The largest absolute Gasteiger partial charge is 0.356 e. The van der Waals surface area contributed by atoms with Gasteiger partial charge in [0.25, 0.3) is 0 Å². The Balaban J connectivity index is 1.52. The molecular weight excluding hydrogens is 308 g/mol. The summed E-state index contributed by atoms with van der Waals surface area (Å²) in [5.74, 6) is 1.57. The van der Waals surface area contributed by atoms with Gasteiger partial charge in [0.15, 0.2) is 5.96 Å². The van der Waals surface area contributed by atoms with E-state index in [2.05, 4.69) is 38.5 Å². The summed E-state index contributed by atoms with van der Waals surface area (Å²) in [4.78, 5) is 17.4. The number of guanidine groups is 1. The second-order valence-corrected chi connectivity index (χ2v) is 6.99. The molecule has 0 saturated heterocycles. The molecule has 1 saturated carbocycles. The number of thiophene rings is 1. The Morgan fingerprint density at radius 1 is 1.22 bits per heavy atom. The Morgan fingerprint density at radius 2 is 1.96 bits per heavy atom. The van der Waals surface area contributed by atoms with E-state index in [1.54, 1.807) is 18.4 Å². The molecule has 1 aromatic heterocycles. The Hall–Kier alpha value is -1.56. The number of nitrogens with one attached hydrogen (secondary N) is 3. The Bertz CT molecular complexity index is 481. The van der Waals surface area contributed by atoms with Crippen LogP contribution in [0, 0.1) is 5.92 Å². The molecule has 23 heavy (non-hydrogen) atoms. The van der Waals surface area contributed by atoms with Crippen LogP contribution in [0.3, 0.4) is 0 Å². The molecule has 2 rings (SSSR count). The number of carbonyl (C=O) groups excluding carboxylic acids is 1. The van der Waals surface area contributed by atoms with Gasteiger partial charge in [-0.1, -0.05) is 18.9 Å². The van der Waals surface area contributed by atoms with Crippen molar-refractivity contribution in [3.05, 3.63) is 22.4 Å². The quantitative estimate of drug-likeness (QED) is 0.387. The second kappa shape index (κ2) is 10.3. The molecule has 0 aliphatic heterocycles. The summed E-state index contributed by atoms with van der Waals surface area (Å²) in [5.41, 5.74) is 0. The molecule has 0 radical (unpaired) electrons. The lowest BCUT2D eigenvalue weighted by atomic mass is 10.0. The molecular formula is C17H28N4OS. The van der Waals surface area contributed by atoms with Gasteiger partial charge in [0.1, 0.15) is 0 Å². The lowest BCUT2D eigenvalue weighted by Gasteiger charge is -2.13. The summed E-state index contributed by atoms with van der Waals surface area (Å²) < 4.78 is 0. The summed E-state index contributed by atoms with van der Waals surface area (Å²) in [5, 5.41) is 11.6. The first-order valence-electron chi connectivity index (χ1n) is 8.51. The number of rotatable bonds is 8. The van der Waals surface area contributed by atoms with Crippen LogP contribution in [-0.2, 0) is 11.2 Å². The number of hydrogen-bond donors (Lipinski definition) is 3. The molecule has 0 unspecified atom stereocenters. The molecule has 1 aliphatic carbocycles. The first kappa shape index (κ1) is 17.8. The van der Waals surface area contributed by atoms with Crippen molar-refractivity contribution >= 4 is 23.2 Å². The summed E-state index contributed by atoms with van der Waals surface area (Å²) in [6.07, 6.45) is 6.68. The van der Waals surface area contributed by atoms with Gasteiger partial charge in [0.05, 0.1) is 0 Å². The zero-order chi connectivity index (χ0) is 16.3. The van der Waals surface area contributed by atoms with E-state index >= 15 is 0 Å². The van der Waals surface area contributed by atoms with Gasteiger partial charge in [-0.15, -0.1) is 11.3 Å². The molecule has 128 valence electrons. The monoisotopic (exact) mass is 336 g/mol. The molecule has 1 aromatic rings. The summed E-state index contributed by atoms with van der Waals surface area (Å²) in [6.45, 7) is 2.18. The van der Waals surface area contributed by atoms with Crippen LogP contribution < -0.4 is 16.0 Å². The van der Waals surface area contributed by atoms with Crippen LogP contribution in [0.4, 0.5) is 0 Å². The van der Waals surface area contributed by atoms with E-state index in [0.717, 1.165) is 18.9 Å². The summed E-state index contributed by atoms with van der Waals surface area (Å²) >= 11 is 1.77. The first-order chi connectivity index (χ1) is 11.3. The van der Waals surface area contributed by atoms with Crippen LogP contribution in [0.25, 0.3) is 0 Å². The maximum Gasteiger partial charge on any atom is 0.220 e. The number of aliphatic imine (C=N–C) groups is 1. The van der Waals surface area contributed by atoms with Crippen molar-refractivity contribution in [3.63, 3.8) is 0 Å². The fourth-order valence-electron chi connectivity index (χ4n) is 2.91. The van der Waals surface area contributed by atoms with Gasteiger partial charge in [0, 0.05) is 38.0 Å². The molecule has 5 nitrogen and oxygen atoms in total. The highest BCUT2D eigenvalue weighted by molar-refractivity contribution is 7.09. The van der Waals surface area contributed by atoms with Crippen molar-refractivity contribution in [2.45, 2.75) is 38.5 Å². The van der Waals surface area contributed by atoms with Gasteiger partial charge >= 0.3 is 0 Å². The molecule has 1 heterocycles. The van der Waals surface area contributed by atoms with E-state index in [-0.39, 0.29) is 5.91 Å². The van der Waals surface area contributed by atoms with E-state index in [4.69, 9.17) is 0 Å². The predicted molar refractivity (Wildman–Crippen MR) is 97.0 cm³/mol. The van der Waals surface area contributed by atoms with E-state index in [1.165, 1.54) is 30.6 Å². The third kappa shape index (κ3) is 7.03. The fraction of sp³-hybridized carbons (Fsp3) is 0.647. The summed E-state index contributed by atoms with van der Waals surface area (Å²) in [7, 11) is 1.76. The molecule has 0 atom stereocenters. The topological polar surface area (TPSA) is 65.5 Å². The SMILES string of the molecule is CN=C(NCCNC(=O)CC1CCCC1)NCCc1cccs1. The van der Waals surface area contributed by atoms with E-state index < -0.39 is 0 Å². The third-order valence-electron chi connectivity index (χ3n) is 4.16. The van der Waals surface area contributed by atoms with Gasteiger partial charge in [-0.25, -0.2) is 0 Å². The van der Waals surface area contributed by atoms with Crippen LogP contribution in [0.15, 0.2) is 22.5 Å². The molecule has 0 bridgehead atoms. The number of hydrogen-bond acceptors (Lipinski definition) is 3.